The fourth-order valence-corrected chi connectivity index (χ4v) is 3.48. The molecule has 0 bridgehead atoms. The SMILES string of the molecule is CCOC(=O)C1CCN(C(=NC)NCCCc2ccc(C(C)C)cc2)CC1.I. The maximum Gasteiger partial charge on any atom is 0.309 e. The van der Waals surface area contributed by atoms with E-state index in [9.17, 15) is 4.79 Å². The molecule has 0 amide bonds. The van der Waals surface area contributed by atoms with Crippen molar-refractivity contribution in [1.82, 2.24) is 10.2 Å². The van der Waals surface area contributed by atoms with E-state index in [-0.39, 0.29) is 35.9 Å². The second-order valence-corrected chi connectivity index (χ2v) is 7.49. The number of hydrogen-bond acceptors (Lipinski definition) is 3. The van der Waals surface area contributed by atoms with Crippen LogP contribution in [-0.4, -0.2) is 50.1 Å². The number of nitrogens with one attached hydrogen (secondary N) is 1. The summed E-state index contributed by atoms with van der Waals surface area (Å²) in [7, 11) is 1.82. The van der Waals surface area contributed by atoms with Crippen LogP contribution in [0, 0.1) is 5.92 Å². The van der Waals surface area contributed by atoms with Crippen molar-refractivity contribution in [2.45, 2.75) is 52.4 Å². The first kappa shape index (κ1) is 24.7. The van der Waals surface area contributed by atoms with Crippen molar-refractivity contribution in [3.8, 4) is 0 Å². The van der Waals surface area contributed by atoms with E-state index in [1.165, 1.54) is 11.1 Å². The zero-order valence-corrected chi connectivity index (χ0v) is 20.1. The van der Waals surface area contributed by atoms with E-state index in [1.54, 1.807) is 0 Å². The summed E-state index contributed by atoms with van der Waals surface area (Å²) in [6.07, 6.45) is 3.80. The van der Waals surface area contributed by atoms with Crippen LogP contribution in [-0.2, 0) is 16.0 Å². The zero-order chi connectivity index (χ0) is 19.6. The van der Waals surface area contributed by atoms with Crippen molar-refractivity contribution in [3.05, 3.63) is 35.4 Å². The summed E-state index contributed by atoms with van der Waals surface area (Å²) in [5.74, 6) is 1.50. The Morgan fingerprint density at radius 3 is 2.43 bits per heavy atom. The molecule has 0 aromatic heterocycles. The standard InChI is InChI=1S/C22H35N3O2.HI/c1-5-27-21(26)20-12-15-25(16-13-20)22(23-4)24-14-6-7-18-8-10-19(11-9-18)17(2)3;/h8-11,17,20H,5-7,12-16H2,1-4H3,(H,23,24);1H. The van der Waals surface area contributed by atoms with Crippen LogP contribution in [0.3, 0.4) is 0 Å². The number of hydrogen-bond donors (Lipinski definition) is 1. The number of piperidine rings is 1. The maximum atomic E-state index is 11.9. The fraction of sp³-hybridized carbons (Fsp3) is 0.636. The number of guanidine groups is 1. The smallest absolute Gasteiger partial charge is 0.309 e. The lowest BCUT2D eigenvalue weighted by Gasteiger charge is -2.33. The van der Waals surface area contributed by atoms with Crippen molar-refractivity contribution in [1.29, 1.82) is 0 Å². The normalized spacial score (nSPS) is 15.3. The number of esters is 1. The Morgan fingerprint density at radius 1 is 1.25 bits per heavy atom. The first-order valence-corrected chi connectivity index (χ1v) is 10.3. The Balaban J connectivity index is 0.00000392. The quantitative estimate of drug-likeness (QED) is 0.200. The van der Waals surface area contributed by atoms with E-state index >= 15 is 0 Å². The van der Waals surface area contributed by atoms with E-state index in [0.29, 0.717) is 12.5 Å². The zero-order valence-electron chi connectivity index (χ0n) is 17.7. The van der Waals surface area contributed by atoms with E-state index in [0.717, 1.165) is 51.3 Å². The number of carbonyl (C=O) groups is 1. The molecule has 6 heteroatoms. The van der Waals surface area contributed by atoms with E-state index < -0.39 is 0 Å². The Morgan fingerprint density at radius 2 is 1.89 bits per heavy atom. The highest BCUT2D eigenvalue weighted by Crippen LogP contribution is 2.19. The van der Waals surface area contributed by atoms with E-state index in [1.807, 2.05) is 14.0 Å². The van der Waals surface area contributed by atoms with Crippen LogP contribution in [0.2, 0.25) is 0 Å². The molecule has 0 unspecified atom stereocenters. The molecule has 1 aliphatic rings. The van der Waals surface area contributed by atoms with Gasteiger partial charge in [0.05, 0.1) is 12.5 Å². The van der Waals surface area contributed by atoms with Gasteiger partial charge >= 0.3 is 5.97 Å². The fourth-order valence-electron chi connectivity index (χ4n) is 3.48. The van der Waals surface area contributed by atoms with Gasteiger partial charge < -0.3 is 15.0 Å². The molecule has 0 spiro atoms. The monoisotopic (exact) mass is 501 g/mol. The van der Waals surface area contributed by atoms with Gasteiger partial charge in [0, 0.05) is 26.7 Å². The molecule has 28 heavy (non-hydrogen) atoms. The third-order valence-corrected chi connectivity index (χ3v) is 5.20. The Hall–Kier alpha value is -1.31. The topological polar surface area (TPSA) is 53.9 Å². The lowest BCUT2D eigenvalue weighted by molar-refractivity contribution is -0.149. The molecule has 1 aromatic carbocycles. The van der Waals surface area contributed by atoms with Crippen molar-refractivity contribution >= 4 is 35.9 Å². The minimum Gasteiger partial charge on any atom is -0.466 e. The molecule has 1 aliphatic heterocycles. The Labute approximate surface area is 187 Å². The van der Waals surface area contributed by atoms with Crippen LogP contribution in [0.1, 0.15) is 57.1 Å². The molecule has 1 N–H and O–H groups in total. The minimum absolute atomic E-state index is 0. The summed E-state index contributed by atoms with van der Waals surface area (Å²) in [5, 5.41) is 3.47. The van der Waals surface area contributed by atoms with E-state index in [2.05, 4.69) is 53.3 Å². The maximum absolute atomic E-state index is 11.9. The third kappa shape index (κ3) is 7.60. The number of aliphatic imine (C=N–C) groups is 1. The van der Waals surface area contributed by atoms with Gasteiger partial charge in [0.15, 0.2) is 5.96 Å². The Kier molecular flexibility index (Phi) is 11.5. The van der Waals surface area contributed by atoms with Crippen LogP contribution < -0.4 is 5.32 Å². The predicted molar refractivity (Wildman–Crippen MR) is 127 cm³/mol. The third-order valence-electron chi connectivity index (χ3n) is 5.20. The molecule has 0 saturated carbocycles. The molecule has 0 atom stereocenters. The molecular formula is C22H36IN3O2. The van der Waals surface area contributed by atoms with Gasteiger partial charge in [-0.1, -0.05) is 38.1 Å². The molecule has 1 aromatic rings. The summed E-state index contributed by atoms with van der Waals surface area (Å²) < 4.78 is 5.14. The molecule has 158 valence electrons. The average Bonchev–Trinajstić information content (AvgIpc) is 2.69. The second-order valence-electron chi connectivity index (χ2n) is 7.49. The number of carbonyl (C=O) groups excluding carboxylic acids is 1. The molecular weight excluding hydrogens is 465 g/mol. The van der Waals surface area contributed by atoms with Crippen molar-refractivity contribution < 1.29 is 9.53 Å². The molecule has 5 nitrogen and oxygen atoms in total. The van der Waals surface area contributed by atoms with Crippen molar-refractivity contribution in [3.63, 3.8) is 0 Å². The van der Waals surface area contributed by atoms with E-state index in [4.69, 9.17) is 4.74 Å². The molecule has 0 aliphatic carbocycles. The molecule has 0 radical (unpaired) electrons. The van der Waals surface area contributed by atoms with Gasteiger partial charge in [-0.3, -0.25) is 9.79 Å². The second kappa shape index (κ2) is 13.0. The van der Waals surface area contributed by atoms with Crippen LogP contribution in [0.15, 0.2) is 29.3 Å². The number of benzene rings is 1. The largest absolute Gasteiger partial charge is 0.466 e. The highest BCUT2D eigenvalue weighted by Gasteiger charge is 2.27. The van der Waals surface area contributed by atoms with Gasteiger partial charge in [-0.2, -0.15) is 0 Å². The summed E-state index contributed by atoms with van der Waals surface area (Å²) in [5.41, 5.74) is 2.77. The molecule has 1 saturated heterocycles. The van der Waals surface area contributed by atoms with Gasteiger partial charge in [-0.05, 0) is 49.7 Å². The lowest BCUT2D eigenvalue weighted by Crippen LogP contribution is -2.47. The van der Waals surface area contributed by atoms with Crippen molar-refractivity contribution in [2.24, 2.45) is 10.9 Å². The van der Waals surface area contributed by atoms with Gasteiger partial charge in [0.2, 0.25) is 0 Å². The van der Waals surface area contributed by atoms with Crippen LogP contribution in [0.4, 0.5) is 0 Å². The van der Waals surface area contributed by atoms with Gasteiger partial charge in [-0.15, -0.1) is 24.0 Å². The number of ether oxygens (including phenoxy) is 1. The number of nitrogens with zero attached hydrogens (tertiary/aromatic N) is 2. The first-order valence-electron chi connectivity index (χ1n) is 10.3. The minimum atomic E-state index is -0.0522. The lowest BCUT2D eigenvalue weighted by atomic mass is 9.97. The summed E-state index contributed by atoms with van der Waals surface area (Å²) >= 11 is 0. The Bertz CT molecular complexity index is 609. The highest BCUT2D eigenvalue weighted by molar-refractivity contribution is 14.0. The predicted octanol–water partition coefficient (Wildman–Crippen LogP) is 4.21. The van der Waals surface area contributed by atoms with Crippen LogP contribution in [0.25, 0.3) is 0 Å². The van der Waals surface area contributed by atoms with Gasteiger partial charge in [-0.25, -0.2) is 0 Å². The van der Waals surface area contributed by atoms with Crippen molar-refractivity contribution in [2.75, 3.05) is 33.3 Å². The molecule has 1 fully saturated rings. The van der Waals surface area contributed by atoms with Crippen LogP contribution >= 0.6 is 24.0 Å². The summed E-state index contributed by atoms with van der Waals surface area (Å²) in [4.78, 5) is 18.5. The molecule has 2 rings (SSSR count). The highest BCUT2D eigenvalue weighted by atomic mass is 127. The summed E-state index contributed by atoms with van der Waals surface area (Å²) in [6.45, 7) is 9.36. The van der Waals surface area contributed by atoms with Gasteiger partial charge in [0.25, 0.3) is 0 Å². The number of halogens is 1. The number of rotatable bonds is 7. The number of aryl methyl sites for hydroxylation is 1. The van der Waals surface area contributed by atoms with Gasteiger partial charge in [0.1, 0.15) is 0 Å². The summed E-state index contributed by atoms with van der Waals surface area (Å²) in [6, 6.07) is 8.95. The first-order chi connectivity index (χ1) is 13.0. The van der Waals surface area contributed by atoms with Crippen LogP contribution in [0.5, 0.6) is 0 Å². The average molecular weight is 501 g/mol. The molecule has 1 heterocycles. The number of likely N-dealkylation sites (tertiary alicyclic amines) is 1.